The molecule has 1 aromatic carbocycles. The molecule has 0 radical (unpaired) electrons. The van der Waals surface area contributed by atoms with Crippen molar-refractivity contribution in [3.8, 4) is 6.07 Å². The summed E-state index contributed by atoms with van der Waals surface area (Å²) in [5.74, 6) is 0.219. The molecule has 1 aliphatic carbocycles. The Hall–Kier alpha value is -2.34. The lowest BCUT2D eigenvalue weighted by Crippen LogP contribution is -2.41. The van der Waals surface area contributed by atoms with E-state index in [1.807, 2.05) is 42.5 Å². The Morgan fingerprint density at radius 1 is 1.27 bits per heavy atom. The Kier molecular flexibility index (Phi) is 5.97. The lowest BCUT2D eigenvalue weighted by Gasteiger charge is -2.29. The van der Waals surface area contributed by atoms with Gasteiger partial charge in [0.05, 0.1) is 0 Å². The molecular formula is C19H22N2O. The summed E-state index contributed by atoms with van der Waals surface area (Å²) >= 11 is 0. The summed E-state index contributed by atoms with van der Waals surface area (Å²) in [6.45, 7) is 2.16. The quantitative estimate of drug-likeness (QED) is 0.521. The Balaban J connectivity index is 1.98. The molecule has 2 atom stereocenters. The minimum atomic E-state index is -0.265. The van der Waals surface area contributed by atoms with E-state index in [1.54, 1.807) is 12.2 Å². The number of hydrogen-bond donors (Lipinski definition) is 1. The number of carbonyl (C=O) groups excluding carboxylic acids is 1. The van der Waals surface area contributed by atoms with Gasteiger partial charge in [-0.2, -0.15) is 5.26 Å². The predicted molar refractivity (Wildman–Crippen MR) is 88.7 cm³/mol. The first-order chi connectivity index (χ1) is 10.7. The molecule has 0 aromatic heterocycles. The van der Waals surface area contributed by atoms with E-state index in [-0.39, 0.29) is 17.5 Å². The van der Waals surface area contributed by atoms with Gasteiger partial charge >= 0.3 is 0 Å². The summed E-state index contributed by atoms with van der Waals surface area (Å²) in [5.41, 5.74) is 1.20. The monoisotopic (exact) mass is 294 g/mol. The molecule has 3 heteroatoms. The second-order valence-electron chi connectivity index (χ2n) is 5.80. The van der Waals surface area contributed by atoms with Crippen molar-refractivity contribution in [1.82, 2.24) is 5.32 Å². The van der Waals surface area contributed by atoms with Gasteiger partial charge in [-0.25, -0.2) is 0 Å². The number of carbonyl (C=O) groups is 1. The number of amides is 1. The molecule has 1 aromatic rings. The lowest BCUT2D eigenvalue weighted by atomic mass is 9.86. The van der Waals surface area contributed by atoms with E-state index < -0.39 is 0 Å². The van der Waals surface area contributed by atoms with Crippen molar-refractivity contribution in [3.63, 3.8) is 0 Å². The normalized spacial score (nSPS) is 22.3. The van der Waals surface area contributed by atoms with E-state index in [1.165, 1.54) is 6.42 Å². The maximum absolute atomic E-state index is 12.2. The lowest BCUT2D eigenvalue weighted by molar-refractivity contribution is -0.118. The van der Waals surface area contributed by atoms with E-state index in [4.69, 9.17) is 0 Å². The topological polar surface area (TPSA) is 52.9 Å². The van der Waals surface area contributed by atoms with Crippen LogP contribution in [0.15, 0.2) is 48.1 Å². The van der Waals surface area contributed by atoms with E-state index in [9.17, 15) is 10.1 Å². The zero-order valence-corrected chi connectivity index (χ0v) is 13.0. The first kappa shape index (κ1) is 16.0. The summed E-state index contributed by atoms with van der Waals surface area (Å²) in [4.78, 5) is 12.2. The van der Waals surface area contributed by atoms with Gasteiger partial charge in [0, 0.05) is 6.04 Å². The third-order valence-corrected chi connectivity index (χ3v) is 4.14. The molecule has 1 N–H and O–H groups in total. The second kappa shape index (κ2) is 8.19. The summed E-state index contributed by atoms with van der Waals surface area (Å²) in [5, 5.41) is 12.2. The van der Waals surface area contributed by atoms with Gasteiger partial charge in [-0.3, -0.25) is 4.79 Å². The van der Waals surface area contributed by atoms with Crippen LogP contribution in [0.2, 0.25) is 0 Å². The molecule has 22 heavy (non-hydrogen) atoms. The molecule has 0 bridgehead atoms. The second-order valence-corrected chi connectivity index (χ2v) is 5.80. The van der Waals surface area contributed by atoms with Gasteiger partial charge in [-0.05, 0) is 30.4 Å². The number of benzene rings is 1. The molecule has 1 amide bonds. The van der Waals surface area contributed by atoms with Gasteiger partial charge in [0.1, 0.15) is 11.6 Å². The van der Waals surface area contributed by atoms with Crippen LogP contribution >= 0.6 is 0 Å². The Labute approximate surface area is 132 Å². The maximum atomic E-state index is 12.2. The third kappa shape index (κ3) is 4.60. The first-order valence-electron chi connectivity index (χ1n) is 7.85. The number of nitrogens with zero attached hydrogens (tertiary/aromatic N) is 1. The van der Waals surface area contributed by atoms with Gasteiger partial charge in [0.25, 0.3) is 5.91 Å². The molecule has 0 saturated heterocycles. The van der Waals surface area contributed by atoms with Crippen LogP contribution < -0.4 is 5.32 Å². The molecule has 1 saturated carbocycles. The molecule has 1 aliphatic rings. The molecular weight excluding hydrogens is 272 g/mol. The fourth-order valence-electron chi connectivity index (χ4n) is 2.76. The Bertz CT molecular complexity index is 596. The van der Waals surface area contributed by atoms with E-state index in [0.29, 0.717) is 5.92 Å². The molecule has 2 rings (SSSR count). The Morgan fingerprint density at radius 3 is 2.68 bits per heavy atom. The first-order valence-corrected chi connectivity index (χ1v) is 7.85. The maximum Gasteiger partial charge on any atom is 0.262 e. The SMILES string of the molecule is CC1CCCCC1NC(=O)/C(C#N)=C/C=C/c1ccccc1. The number of hydrogen-bond acceptors (Lipinski definition) is 2. The van der Waals surface area contributed by atoms with Crippen LogP contribution in [-0.2, 0) is 4.79 Å². The summed E-state index contributed by atoms with van der Waals surface area (Å²) < 4.78 is 0. The molecule has 0 aliphatic heterocycles. The van der Waals surface area contributed by atoms with E-state index >= 15 is 0 Å². The minimum Gasteiger partial charge on any atom is -0.348 e. The highest BCUT2D eigenvalue weighted by Crippen LogP contribution is 2.23. The zero-order valence-electron chi connectivity index (χ0n) is 13.0. The molecule has 3 nitrogen and oxygen atoms in total. The van der Waals surface area contributed by atoms with Crippen molar-refractivity contribution in [3.05, 3.63) is 53.6 Å². The van der Waals surface area contributed by atoms with Crippen molar-refractivity contribution in [2.45, 2.75) is 38.6 Å². The zero-order chi connectivity index (χ0) is 15.8. The standard InChI is InChI=1S/C19H22N2O/c1-15-8-5-6-13-18(15)21-19(22)17(14-20)12-7-11-16-9-3-2-4-10-16/h2-4,7,9-12,15,18H,5-6,8,13H2,1H3,(H,21,22)/b11-7+,17-12+. The number of rotatable bonds is 4. The molecule has 0 heterocycles. The van der Waals surface area contributed by atoms with Crippen LogP contribution in [0.4, 0.5) is 0 Å². The van der Waals surface area contributed by atoms with Crippen molar-refractivity contribution in [1.29, 1.82) is 5.26 Å². The number of allylic oxidation sites excluding steroid dienone is 2. The number of nitrogens with one attached hydrogen (secondary N) is 1. The Morgan fingerprint density at radius 2 is 2.00 bits per heavy atom. The van der Waals surface area contributed by atoms with Crippen molar-refractivity contribution in [2.75, 3.05) is 0 Å². The van der Waals surface area contributed by atoms with Gasteiger partial charge < -0.3 is 5.32 Å². The summed E-state index contributed by atoms with van der Waals surface area (Å²) in [6, 6.07) is 12.0. The molecule has 114 valence electrons. The molecule has 1 fully saturated rings. The van der Waals surface area contributed by atoms with Gasteiger partial charge in [0.15, 0.2) is 0 Å². The van der Waals surface area contributed by atoms with Crippen LogP contribution in [0.1, 0.15) is 38.2 Å². The van der Waals surface area contributed by atoms with Gasteiger partial charge in [-0.1, -0.05) is 62.2 Å². The smallest absolute Gasteiger partial charge is 0.262 e. The molecule has 2 unspecified atom stereocenters. The van der Waals surface area contributed by atoms with Crippen LogP contribution in [0, 0.1) is 17.2 Å². The van der Waals surface area contributed by atoms with E-state index in [0.717, 1.165) is 24.8 Å². The number of nitriles is 1. The average molecular weight is 294 g/mol. The molecule has 0 spiro atoms. The predicted octanol–water partition coefficient (Wildman–Crippen LogP) is 3.84. The highest BCUT2D eigenvalue weighted by Gasteiger charge is 2.23. The van der Waals surface area contributed by atoms with Gasteiger partial charge in [-0.15, -0.1) is 0 Å². The highest BCUT2D eigenvalue weighted by molar-refractivity contribution is 5.97. The minimum absolute atomic E-state index is 0.157. The van der Waals surface area contributed by atoms with Crippen LogP contribution in [-0.4, -0.2) is 11.9 Å². The largest absolute Gasteiger partial charge is 0.348 e. The van der Waals surface area contributed by atoms with Crippen LogP contribution in [0.5, 0.6) is 0 Å². The fraction of sp³-hybridized carbons (Fsp3) is 0.368. The summed E-state index contributed by atoms with van der Waals surface area (Å²) in [7, 11) is 0. The average Bonchev–Trinajstić information content (AvgIpc) is 2.54. The summed E-state index contributed by atoms with van der Waals surface area (Å²) in [6.07, 6.45) is 9.74. The van der Waals surface area contributed by atoms with Crippen molar-refractivity contribution < 1.29 is 4.79 Å². The van der Waals surface area contributed by atoms with Crippen LogP contribution in [0.3, 0.4) is 0 Å². The third-order valence-electron chi connectivity index (χ3n) is 4.14. The highest BCUT2D eigenvalue weighted by atomic mass is 16.1. The van der Waals surface area contributed by atoms with E-state index in [2.05, 4.69) is 12.2 Å². The fourth-order valence-corrected chi connectivity index (χ4v) is 2.76. The van der Waals surface area contributed by atoms with Gasteiger partial charge in [0.2, 0.25) is 0 Å². The van der Waals surface area contributed by atoms with Crippen molar-refractivity contribution >= 4 is 12.0 Å². The van der Waals surface area contributed by atoms with Crippen molar-refractivity contribution in [2.24, 2.45) is 5.92 Å². The van der Waals surface area contributed by atoms with Crippen LogP contribution in [0.25, 0.3) is 6.08 Å².